The summed E-state index contributed by atoms with van der Waals surface area (Å²) >= 11 is 1.70. The zero-order chi connectivity index (χ0) is 20.3. The summed E-state index contributed by atoms with van der Waals surface area (Å²) < 4.78 is 39.8. The van der Waals surface area contributed by atoms with Gasteiger partial charge < -0.3 is 0 Å². The first-order chi connectivity index (χ1) is 14.0. The molecule has 0 saturated heterocycles. The molecule has 0 saturated carbocycles. The predicted octanol–water partition coefficient (Wildman–Crippen LogP) is 6.25. The van der Waals surface area contributed by atoms with Gasteiger partial charge in [-0.15, -0.1) is 11.8 Å². The van der Waals surface area contributed by atoms with Crippen LogP contribution in [-0.2, 0) is 11.9 Å². The molecule has 4 aromatic rings. The zero-order valence-corrected chi connectivity index (χ0v) is 16.0. The lowest BCUT2D eigenvalue weighted by molar-refractivity contribution is -0.137. The summed E-state index contributed by atoms with van der Waals surface area (Å²) in [6.45, 7) is 0. The molecule has 0 N–H and O–H groups in total. The second-order valence-corrected chi connectivity index (χ2v) is 7.44. The fourth-order valence-electron chi connectivity index (χ4n) is 2.85. The Morgan fingerprint density at radius 1 is 0.793 bits per heavy atom. The third-order valence-electron chi connectivity index (χ3n) is 4.43. The van der Waals surface area contributed by atoms with Gasteiger partial charge in [-0.25, -0.2) is 9.67 Å². The zero-order valence-electron chi connectivity index (χ0n) is 15.2. The van der Waals surface area contributed by atoms with Gasteiger partial charge in [0.15, 0.2) is 0 Å². The molecule has 4 rings (SSSR count). The molecule has 0 unspecified atom stereocenters. The van der Waals surface area contributed by atoms with Gasteiger partial charge in [-0.1, -0.05) is 36.4 Å². The van der Waals surface area contributed by atoms with E-state index in [4.69, 9.17) is 0 Å². The van der Waals surface area contributed by atoms with Crippen LogP contribution in [0.2, 0.25) is 0 Å². The molecule has 0 radical (unpaired) electrons. The van der Waals surface area contributed by atoms with E-state index in [-0.39, 0.29) is 0 Å². The number of benzene rings is 3. The highest BCUT2D eigenvalue weighted by Gasteiger charge is 2.29. The highest BCUT2D eigenvalue weighted by Crippen LogP contribution is 2.32. The molecule has 7 heteroatoms. The van der Waals surface area contributed by atoms with Crippen molar-refractivity contribution >= 4 is 11.8 Å². The highest BCUT2D eigenvalue weighted by molar-refractivity contribution is 7.98. The van der Waals surface area contributed by atoms with E-state index in [1.165, 1.54) is 24.0 Å². The summed E-state index contributed by atoms with van der Waals surface area (Å²) in [7, 11) is 0. The Hall–Kier alpha value is -3.06. The van der Waals surface area contributed by atoms with Gasteiger partial charge in [0.1, 0.15) is 12.7 Å². The number of nitrogens with zero attached hydrogens (tertiary/aromatic N) is 3. The second kappa shape index (κ2) is 8.13. The van der Waals surface area contributed by atoms with E-state index in [2.05, 4.69) is 22.2 Å². The van der Waals surface area contributed by atoms with E-state index in [0.29, 0.717) is 0 Å². The Bertz CT molecular complexity index is 1060. The summed E-state index contributed by atoms with van der Waals surface area (Å²) in [6.07, 6.45) is -1.16. The van der Waals surface area contributed by atoms with E-state index in [0.717, 1.165) is 39.6 Å². The van der Waals surface area contributed by atoms with E-state index in [1.807, 2.05) is 36.4 Å². The van der Waals surface area contributed by atoms with Gasteiger partial charge >= 0.3 is 6.18 Å². The van der Waals surface area contributed by atoms with Crippen LogP contribution < -0.4 is 0 Å². The first-order valence-electron chi connectivity index (χ1n) is 8.83. The minimum atomic E-state index is -4.31. The summed E-state index contributed by atoms with van der Waals surface area (Å²) in [6, 6.07) is 21.2. The molecule has 0 atom stereocenters. The normalized spacial score (nSPS) is 11.6. The van der Waals surface area contributed by atoms with Crippen LogP contribution in [0.3, 0.4) is 0 Å². The molecule has 0 amide bonds. The average molecular weight is 411 g/mol. The van der Waals surface area contributed by atoms with Gasteiger partial charge in [0.2, 0.25) is 0 Å². The molecular weight excluding hydrogens is 395 g/mol. The lowest BCUT2D eigenvalue weighted by Gasteiger charge is -2.08. The first kappa shape index (κ1) is 19.3. The van der Waals surface area contributed by atoms with Crippen molar-refractivity contribution in [3.05, 3.63) is 96.6 Å². The van der Waals surface area contributed by atoms with Crippen LogP contribution in [0.5, 0.6) is 0 Å². The van der Waals surface area contributed by atoms with Crippen LogP contribution in [0.4, 0.5) is 13.2 Å². The van der Waals surface area contributed by atoms with Crippen LogP contribution in [0, 0.1) is 0 Å². The molecule has 3 aromatic carbocycles. The van der Waals surface area contributed by atoms with Gasteiger partial charge in [0.25, 0.3) is 0 Å². The second-order valence-electron chi connectivity index (χ2n) is 6.39. The van der Waals surface area contributed by atoms with Gasteiger partial charge in [-0.3, -0.25) is 0 Å². The number of halogens is 3. The Morgan fingerprint density at radius 2 is 1.41 bits per heavy atom. The Labute approximate surface area is 170 Å². The molecule has 3 nitrogen and oxygen atoms in total. The van der Waals surface area contributed by atoms with E-state index in [9.17, 15) is 13.2 Å². The largest absolute Gasteiger partial charge is 0.416 e. The predicted molar refractivity (Wildman–Crippen MR) is 108 cm³/mol. The summed E-state index contributed by atoms with van der Waals surface area (Å²) in [5, 5.41) is 4.10. The fraction of sp³-hybridized carbons (Fsp3) is 0.0909. The van der Waals surface area contributed by atoms with Gasteiger partial charge in [-0.2, -0.15) is 18.3 Å². The monoisotopic (exact) mass is 411 g/mol. The number of thioether (sulfide) groups is 1. The van der Waals surface area contributed by atoms with Crippen molar-refractivity contribution in [2.24, 2.45) is 0 Å². The smallest absolute Gasteiger partial charge is 0.223 e. The van der Waals surface area contributed by atoms with E-state index < -0.39 is 11.7 Å². The van der Waals surface area contributed by atoms with Crippen molar-refractivity contribution in [1.82, 2.24) is 14.8 Å². The average Bonchev–Trinajstić information content (AvgIpc) is 3.27. The molecule has 0 fully saturated rings. The highest BCUT2D eigenvalue weighted by atomic mass is 32.2. The summed E-state index contributed by atoms with van der Waals surface area (Å²) in [4.78, 5) is 5.04. The summed E-state index contributed by atoms with van der Waals surface area (Å²) in [5.74, 6) is 0.817. The van der Waals surface area contributed by atoms with Crippen molar-refractivity contribution < 1.29 is 13.2 Å². The molecule has 1 aromatic heterocycles. The fourth-order valence-corrected chi connectivity index (χ4v) is 3.70. The molecule has 0 spiro atoms. The van der Waals surface area contributed by atoms with Crippen LogP contribution in [-0.4, -0.2) is 14.8 Å². The van der Waals surface area contributed by atoms with E-state index in [1.54, 1.807) is 22.8 Å². The molecule has 0 aliphatic rings. The van der Waals surface area contributed by atoms with Gasteiger partial charge in [0, 0.05) is 10.6 Å². The maximum atomic E-state index is 12.7. The maximum absolute atomic E-state index is 12.7. The standard InChI is InChI=1S/C22H16F3N3S/c23-22(24,25)19-7-3-17(4-8-19)18-5-11-21(12-6-18)29-13-16-1-9-20(10-2-16)28-15-26-14-27-28/h1-12,14-15H,13H2. The molecule has 29 heavy (non-hydrogen) atoms. The Morgan fingerprint density at radius 3 is 1.97 bits per heavy atom. The van der Waals surface area contributed by atoms with Crippen molar-refractivity contribution in [1.29, 1.82) is 0 Å². The van der Waals surface area contributed by atoms with Crippen LogP contribution in [0.25, 0.3) is 16.8 Å². The number of hydrogen-bond acceptors (Lipinski definition) is 3. The number of aromatic nitrogens is 3. The van der Waals surface area contributed by atoms with Crippen molar-refractivity contribution in [2.45, 2.75) is 16.8 Å². The lowest BCUT2D eigenvalue weighted by atomic mass is 10.0. The third kappa shape index (κ3) is 4.68. The molecule has 1 heterocycles. The van der Waals surface area contributed by atoms with Crippen LogP contribution >= 0.6 is 11.8 Å². The van der Waals surface area contributed by atoms with Crippen molar-refractivity contribution in [3.63, 3.8) is 0 Å². The molecule has 146 valence electrons. The third-order valence-corrected chi connectivity index (χ3v) is 5.51. The van der Waals surface area contributed by atoms with Crippen molar-refractivity contribution in [3.8, 4) is 16.8 Å². The topological polar surface area (TPSA) is 30.7 Å². The molecular formula is C22H16F3N3S. The minimum Gasteiger partial charge on any atom is -0.223 e. The maximum Gasteiger partial charge on any atom is 0.416 e. The molecule has 0 aliphatic heterocycles. The van der Waals surface area contributed by atoms with Gasteiger partial charge in [0.05, 0.1) is 11.3 Å². The number of alkyl halides is 3. The Kier molecular flexibility index (Phi) is 5.40. The lowest BCUT2D eigenvalue weighted by Crippen LogP contribution is -2.03. The SMILES string of the molecule is FC(F)(F)c1ccc(-c2ccc(SCc3ccc(-n4cncn4)cc3)cc2)cc1. The number of hydrogen-bond donors (Lipinski definition) is 0. The minimum absolute atomic E-state index is 0.636. The molecule has 0 bridgehead atoms. The van der Waals surface area contributed by atoms with Crippen LogP contribution in [0.1, 0.15) is 11.1 Å². The first-order valence-corrected chi connectivity index (χ1v) is 9.82. The van der Waals surface area contributed by atoms with Crippen molar-refractivity contribution in [2.75, 3.05) is 0 Å². The molecule has 0 aliphatic carbocycles. The Balaban J connectivity index is 1.38. The summed E-state index contributed by atoms with van der Waals surface area (Å²) in [5.41, 5.74) is 3.16. The van der Waals surface area contributed by atoms with Crippen LogP contribution in [0.15, 0.2) is 90.3 Å². The van der Waals surface area contributed by atoms with Gasteiger partial charge in [-0.05, 0) is 53.1 Å². The number of rotatable bonds is 5. The quantitative estimate of drug-likeness (QED) is 0.364. The van der Waals surface area contributed by atoms with E-state index >= 15 is 0 Å².